The summed E-state index contributed by atoms with van der Waals surface area (Å²) in [7, 11) is 1.65. The van der Waals surface area contributed by atoms with E-state index in [1.807, 2.05) is 66.3 Å². The predicted molar refractivity (Wildman–Crippen MR) is 96.4 cm³/mol. The lowest BCUT2D eigenvalue weighted by Gasteiger charge is -2.24. The fraction of sp³-hybridized carbons (Fsp3) is 0.200. The molecule has 1 aliphatic rings. The molecule has 0 saturated carbocycles. The number of amides is 1. The lowest BCUT2D eigenvalue weighted by atomic mass is 9.87. The fourth-order valence-electron chi connectivity index (χ4n) is 3.34. The molecule has 25 heavy (non-hydrogen) atoms. The molecule has 1 aromatic heterocycles. The number of aryl methyl sites for hydroxylation is 1. The van der Waals surface area contributed by atoms with Crippen LogP contribution in [0.4, 0.5) is 5.82 Å². The number of rotatable bonds is 3. The largest absolute Gasteiger partial charge is 0.497 e. The van der Waals surface area contributed by atoms with Crippen LogP contribution in [0, 0.1) is 6.92 Å². The monoisotopic (exact) mass is 333 g/mol. The Labute approximate surface area is 146 Å². The topological polar surface area (TPSA) is 56.1 Å². The molecule has 1 amide bonds. The normalized spacial score (nSPS) is 16.2. The highest BCUT2D eigenvalue weighted by atomic mass is 16.5. The van der Waals surface area contributed by atoms with Crippen LogP contribution < -0.4 is 10.1 Å². The second kappa shape index (κ2) is 6.09. The Hall–Kier alpha value is -3.08. The van der Waals surface area contributed by atoms with Gasteiger partial charge in [0, 0.05) is 17.9 Å². The van der Waals surface area contributed by atoms with Gasteiger partial charge in [0.15, 0.2) is 0 Å². The third kappa shape index (κ3) is 2.67. The minimum Gasteiger partial charge on any atom is -0.497 e. The average Bonchev–Trinajstić information content (AvgIpc) is 3.05. The van der Waals surface area contributed by atoms with Crippen molar-refractivity contribution in [1.82, 2.24) is 9.78 Å². The van der Waals surface area contributed by atoms with E-state index in [1.54, 1.807) is 7.11 Å². The highest BCUT2D eigenvalue weighted by molar-refractivity contribution is 5.94. The number of nitrogens with zero attached hydrogens (tertiary/aromatic N) is 2. The van der Waals surface area contributed by atoms with Gasteiger partial charge in [-0.2, -0.15) is 5.10 Å². The number of para-hydroxylation sites is 1. The van der Waals surface area contributed by atoms with Crippen molar-refractivity contribution in [3.05, 3.63) is 71.4 Å². The number of carbonyl (C=O) groups excluding carboxylic acids is 1. The van der Waals surface area contributed by atoms with Crippen LogP contribution in [-0.4, -0.2) is 22.8 Å². The summed E-state index contributed by atoms with van der Waals surface area (Å²) in [6.45, 7) is 2.04. The van der Waals surface area contributed by atoms with Crippen LogP contribution >= 0.6 is 0 Å². The van der Waals surface area contributed by atoms with Crippen LogP contribution in [0.25, 0.3) is 5.69 Å². The van der Waals surface area contributed by atoms with Crippen molar-refractivity contribution in [2.75, 3.05) is 12.4 Å². The number of nitrogens with one attached hydrogen (secondary N) is 1. The third-order valence-corrected chi connectivity index (χ3v) is 4.68. The number of ether oxygens (including phenoxy) is 1. The molecular weight excluding hydrogens is 314 g/mol. The number of hydrogen-bond acceptors (Lipinski definition) is 3. The van der Waals surface area contributed by atoms with Crippen molar-refractivity contribution in [1.29, 1.82) is 0 Å². The second-order valence-electron chi connectivity index (χ2n) is 6.22. The Bertz CT molecular complexity index is 928. The SMILES string of the molecule is COc1ccc(C2CC(=O)Nc3c2cnn3-c2ccccc2C)cc1. The first kappa shape index (κ1) is 15.4. The number of carbonyl (C=O) groups is 1. The predicted octanol–water partition coefficient (Wildman–Crippen LogP) is 3.66. The van der Waals surface area contributed by atoms with Gasteiger partial charge in [0.1, 0.15) is 11.6 Å². The van der Waals surface area contributed by atoms with Gasteiger partial charge >= 0.3 is 0 Å². The molecule has 3 aromatic rings. The lowest BCUT2D eigenvalue weighted by molar-refractivity contribution is -0.116. The Balaban J connectivity index is 1.80. The summed E-state index contributed by atoms with van der Waals surface area (Å²) in [5.41, 5.74) is 4.20. The van der Waals surface area contributed by atoms with E-state index >= 15 is 0 Å². The van der Waals surface area contributed by atoms with Gasteiger partial charge in [0.25, 0.3) is 0 Å². The van der Waals surface area contributed by atoms with Crippen LogP contribution in [0.1, 0.15) is 29.0 Å². The molecule has 0 saturated heterocycles. The van der Waals surface area contributed by atoms with Crippen molar-refractivity contribution in [2.45, 2.75) is 19.3 Å². The third-order valence-electron chi connectivity index (χ3n) is 4.68. The summed E-state index contributed by atoms with van der Waals surface area (Å²) in [5.74, 6) is 1.56. The molecule has 0 radical (unpaired) electrons. The van der Waals surface area contributed by atoms with Gasteiger partial charge in [-0.05, 0) is 36.2 Å². The Kier molecular flexibility index (Phi) is 3.76. The number of aromatic nitrogens is 2. The quantitative estimate of drug-likeness (QED) is 0.796. The maximum Gasteiger partial charge on any atom is 0.226 e. The van der Waals surface area contributed by atoms with E-state index in [1.165, 1.54) is 0 Å². The minimum atomic E-state index is -0.00701. The van der Waals surface area contributed by atoms with Crippen molar-refractivity contribution >= 4 is 11.7 Å². The maximum absolute atomic E-state index is 12.3. The molecular formula is C20H19N3O2. The van der Waals surface area contributed by atoms with Crippen LogP contribution in [0.5, 0.6) is 5.75 Å². The van der Waals surface area contributed by atoms with Crippen molar-refractivity contribution < 1.29 is 9.53 Å². The highest BCUT2D eigenvalue weighted by Gasteiger charge is 2.30. The van der Waals surface area contributed by atoms with Gasteiger partial charge in [-0.25, -0.2) is 4.68 Å². The summed E-state index contributed by atoms with van der Waals surface area (Å²) >= 11 is 0. The standard InChI is InChI=1S/C20H19N3O2/c1-13-5-3-4-6-18(13)23-20-17(12-21-23)16(11-19(24)22-20)14-7-9-15(25-2)10-8-14/h3-10,12,16H,11H2,1-2H3,(H,22,24). The zero-order valence-corrected chi connectivity index (χ0v) is 14.2. The van der Waals surface area contributed by atoms with Gasteiger partial charge in [0.05, 0.1) is 19.0 Å². The first-order valence-electron chi connectivity index (χ1n) is 8.25. The van der Waals surface area contributed by atoms with Crippen LogP contribution in [0.3, 0.4) is 0 Å². The van der Waals surface area contributed by atoms with E-state index in [2.05, 4.69) is 10.4 Å². The van der Waals surface area contributed by atoms with Gasteiger partial charge in [-0.15, -0.1) is 0 Å². The van der Waals surface area contributed by atoms with Gasteiger partial charge in [-0.1, -0.05) is 30.3 Å². The zero-order valence-electron chi connectivity index (χ0n) is 14.2. The van der Waals surface area contributed by atoms with E-state index in [4.69, 9.17) is 4.74 Å². The molecule has 1 N–H and O–H groups in total. The zero-order chi connectivity index (χ0) is 17.4. The van der Waals surface area contributed by atoms with E-state index in [0.717, 1.165) is 33.9 Å². The van der Waals surface area contributed by atoms with E-state index in [9.17, 15) is 4.79 Å². The number of methoxy groups -OCH3 is 1. The average molecular weight is 333 g/mol. The van der Waals surface area contributed by atoms with E-state index < -0.39 is 0 Å². The minimum absolute atomic E-state index is 0.00338. The molecule has 0 bridgehead atoms. The molecule has 126 valence electrons. The van der Waals surface area contributed by atoms with Crippen molar-refractivity contribution in [2.24, 2.45) is 0 Å². The highest BCUT2D eigenvalue weighted by Crippen LogP contribution is 2.38. The number of anilines is 1. The summed E-state index contributed by atoms with van der Waals surface area (Å²) in [6, 6.07) is 15.9. The Morgan fingerprint density at radius 1 is 1.16 bits per heavy atom. The van der Waals surface area contributed by atoms with Crippen LogP contribution in [0.2, 0.25) is 0 Å². The second-order valence-corrected chi connectivity index (χ2v) is 6.22. The molecule has 2 aromatic carbocycles. The smallest absolute Gasteiger partial charge is 0.226 e. The van der Waals surface area contributed by atoms with Crippen LogP contribution in [0.15, 0.2) is 54.7 Å². The van der Waals surface area contributed by atoms with E-state index in [-0.39, 0.29) is 11.8 Å². The number of benzene rings is 2. The number of fused-ring (bicyclic) bond motifs is 1. The van der Waals surface area contributed by atoms with Crippen molar-refractivity contribution in [3.8, 4) is 11.4 Å². The lowest BCUT2D eigenvalue weighted by Crippen LogP contribution is -2.24. The van der Waals surface area contributed by atoms with E-state index in [0.29, 0.717) is 6.42 Å². The fourth-order valence-corrected chi connectivity index (χ4v) is 3.34. The van der Waals surface area contributed by atoms with Gasteiger partial charge < -0.3 is 10.1 Å². The van der Waals surface area contributed by atoms with Gasteiger partial charge in [-0.3, -0.25) is 4.79 Å². The first-order chi connectivity index (χ1) is 12.2. The summed E-state index contributed by atoms with van der Waals surface area (Å²) < 4.78 is 7.04. The first-order valence-corrected chi connectivity index (χ1v) is 8.25. The molecule has 1 atom stereocenters. The molecule has 0 spiro atoms. The molecule has 2 heterocycles. The molecule has 1 unspecified atom stereocenters. The molecule has 5 heteroatoms. The Morgan fingerprint density at radius 3 is 2.64 bits per heavy atom. The van der Waals surface area contributed by atoms with Crippen LogP contribution in [-0.2, 0) is 4.79 Å². The van der Waals surface area contributed by atoms with Gasteiger partial charge in [0.2, 0.25) is 5.91 Å². The van der Waals surface area contributed by atoms with Crippen molar-refractivity contribution in [3.63, 3.8) is 0 Å². The Morgan fingerprint density at radius 2 is 1.92 bits per heavy atom. The summed E-state index contributed by atoms with van der Waals surface area (Å²) in [5, 5.41) is 7.54. The summed E-state index contributed by atoms with van der Waals surface area (Å²) in [6.07, 6.45) is 2.27. The number of hydrogen-bond donors (Lipinski definition) is 1. The maximum atomic E-state index is 12.3. The summed E-state index contributed by atoms with van der Waals surface area (Å²) in [4.78, 5) is 12.3. The molecule has 0 aliphatic carbocycles. The molecule has 4 rings (SSSR count). The molecule has 5 nitrogen and oxygen atoms in total. The molecule has 0 fully saturated rings. The molecule has 1 aliphatic heterocycles.